The molecule has 0 amide bonds. The Bertz CT molecular complexity index is 521. The van der Waals surface area contributed by atoms with Gasteiger partial charge < -0.3 is 0 Å². The third-order valence-electron chi connectivity index (χ3n) is 2.75. The Morgan fingerprint density at radius 3 is 2.59 bits per heavy atom. The maximum absolute atomic E-state index is 6.18. The smallest absolute Gasteiger partial charge is 0.0757 e. The van der Waals surface area contributed by atoms with Crippen molar-refractivity contribution >= 4 is 11.6 Å². The van der Waals surface area contributed by atoms with Gasteiger partial charge in [-0.25, -0.2) is 5.43 Å². The quantitative estimate of drug-likeness (QED) is 0.647. The first-order valence-corrected chi connectivity index (χ1v) is 5.72. The highest BCUT2D eigenvalue weighted by molar-refractivity contribution is 6.31. The maximum atomic E-state index is 6.18. The monoisotopic (exact) mass is 250 g/mol. The zero-order valence-corrected chi connectivity index (χ0v) is 10.6. The average molecular weight is 251 g/mol. The van der Waals surface area contributed by atoms with Gasteiger partial charge in [0.2, 0.25) is 0 Å². The molecule has 0 aliphatic rings. The Balaban J connectivity index is 2.47. The molecule has 0 radical (unpaired) electrons. The van der Waals surface area contributed by atoms with Crippen molar-refractivity contribution in [3.63, 3.8) is 0 Å². The van der Waals surface area contributed by atoms with Crippen LogP contribution in [0.4, 0.5) is 0 Å². The minimum atomic E-state index is -0.141. The Kier molecular flexibility index (Phi) is 3.47. The SMILES string of the molecule is Cc1nn(C)cc1C(NN)c1ccccc1Cl. The number of aryl methyl sites for hydroxylation is 2. The van der Waals surface area contributed by atoms with E-state index in [1.165, 1.54) is 0 Å². The zero-order chi connectivity index (χ0) is 12.4. The molecular formula is C12H15ClN4. The van der Waals surface area contributed by atoms with E-state index in [9.17, 15) is 0 Å². The highest BCUT2D eigenvalue weighted by Gasteiger charge is 2.19. The van der Waals surface area contributed by atoms with Gasteiger partial charge in [0.25, 0.3) is 0 Å². The normalized spacial score (nSPS) is 12.7. The molecule has 0 fully saturated rings. The van der Waals surface area contributed by atoms with Gasteiger partial charge in [0.05, 0.1) is 11.7 Å². The lowest BCUT2D eigenvalue weighted by Gasteiger charge is -2.17. The fourth-order valence-electron chi connectivity index (χ4n) is 1.96. The van der Waals surface area contributed by atoms with Crippen LogP contribution in [0.2, 0.25) is 5.02 Å². The van der Waals surface area contributed by atoms with Crippen molar-refractivity contribution in [2.75, 3.05) is 0 Å². The summed E-state index contributed by atoms with van der Waals surface area (Å²) in [6.45, 7) is 1.95. The summed E-state index contributed by atoms with van der Waals surface area (Å²) < 4.78 is 1.77. The number of aromatic nitrogens is 2. The lowest BCUT2D eigenvalue weighted by molar-refractivity contribution is 0.633. The van der Waals surface area contributed by atoms with Crippen molar-refractivity contribution < 1.29 is 0 Å². The first-order valence-electron chi connectivity index (χ1n) is 5.34. The van der Waals surface area contributed by atoms with Crippen molar-refractivity contribution in [3.8, 4) is 0 Å². The van der Waals surface area contributed by atoms with Crippen LogP contribution >= 0.6 is 11.6 Å². The maximum Gasteiger partial charge on any atom is 0.0757 e. The summed E-state index contributed by atoms with van der Waals surface area (Å²) in [7, 11) is 1.89. The first-order chi connectivity index (χ1) is 8.13. The summed E-state index contributed by atoms with van der Waals surface area (Å²) in [5, 5.41) is 5.01. The van der Waals surface area contributed by atoms with Gasteiger partial charge in [-0.05, 0) is 18.6 Å². The molecule has 1 atom stereocenters. The summed E-state index contributed by atoms with van der Waals surface area (Å²) >= 11 is 6.18. The van der Waals surface area contributed by atoms with E-state index in [0.29, 0.717) is 5.02 Å². The van der Waals surface area contributed by atoms with Gasteiger partial charge in [0.15, 0.2) is 0 Å². The molecule has 1 unspecified atom stereocenters. The summed E-state index contributed by atoms with van der Waals surface area (Å²) in [6, 6.07) is 7.51. The lowest BCUT2D eigenvalue weighted by atomic mass is 10.00. The van der Waals surface area contributed by atoms with E-state index in [2.05, 4.69) is 10.5 Å². The summed E-state index contributed by atoms with van der Waals surface area (Å²) in [5.41, 5.74) is 5.71. The van der Waals surface area contributed by atoms with Crippen LogP contribution < -0.4 is 11.3 Å². The number of hydrogen-bond donors (Lipinski definition) is 2. The van der Waals surface area contributed by atoms with Crippen LogP contribution in [0.5, 0.6) is 0 Å². The molecule has 90 valence electrons. The molecule has 17 heavy (non-hydrogen) atoms. The molecule has 2 aromatic rings. The number of nitrogens with zero attached hydrogens (tertiary/aromatic N) is 2. The number of hydrogen-bond acceptors (Lipinski definition) is 3. The number of hydrazine groups is 1. The molecule has 5 heteroatoms. The first kappa shape index (κ1) is 12.1. The van der Waals surface area contributed by atoms with Gasteiger partial charge >= 0.3 is 0 Å². The Hall–Kier alpha value is -1.36. The van der Waals surface area contributed by atoms with Gasteiger partial charge in [0.1, 0.15) is 0 Å². The second kappa shape index (κ2) is 4.87. The van der Waals surface area contributed by atoms with Crippen LogP contribution in [0.3, 0.4) is 0 Å². The highest BCUT2D eigenvalue weighted by Crippen LogP contribution is 2.28. The molecule has 0 bridgehead atoms. The number of nitrogens with one attached hydrogen (secondary N) is 1. The van der Waals surface area contributed by atoms with Gasteiger partial charge in [-0.1, -0.05) is 29.8 Å². The van der Waals surface area contributed by atoms with Gasteiger partial charge in [-0.3, -0.25) is 10.5 Å². The second-order valence-corrected chi connectivity index (χ2v) is 4.37. The third-order valence-corrected chi connectivity index (χ3v) is 3.09. The number of halogens is 1. The molecule has 1 aromatic heterocycles. The Morgan fingerprint density at radius 1 is 1.35 bits per heavy atom. The standard InChI is InChI=1S/C12H15ClN4/c1-8-10(7-17(2)16-8)12(15-14)9-5-3-4-6-11(9)13/h3-7,12,15H,14H2,1-2H3. The molecule has 0 aliphatic heterocycles. The van der Waals surface area contributed by atoms with Crippen LogP contribution in [-0.4, -0.2) is 9.78 Å². The third kappa shape index (κ3) is 2.34. The molecule has 1 heterocycles. The number of benzene rings is 1. The molecule has 1 aromatic carbocycles. The molecule has 0 aliphatic carbocycles. The average Bonchev–Trinajstić information content (AvgIpc) is 2.62. The number of nitrogens with two attached hydrogens (primary N) is 1. The van der Waals surface area contributed by atoms with Crippen molar-refractivity contribution in [2.24, 2.45) is 12.9 Å². The minimum Gasteiger partial charge on any atom is -0.275 e. The molecule has 2 rings (SSSR count). The van der Waals surface area contributed by atoms with E-state index in [4.69, 9.17) is 17.4 Å². The van der Waals surface area contributed by atoms with Crippen molar-refractivity contribution in [3.05, 3.63) is 52.3 Å². The molecule has 4 nitrogen and oxygen atoms in total. The largest absolute Gasteiger partial charge is 0.275 e. The Morgan fingerprint density at radius 2 is 2.06 bits per heavy atom. The van der Waals surface area contributed by atoms with Crippen LogP contribution in [0.15, 0.2) is 30.5 Å². The second-order valence-electron chi connectivity index (χ2n) is 3.96. The van der Waals surface area contributed by atoms with Gasteiger partial charge in [-0.2, -0.15) is 5.10 Å². The minimum absolute atomic E-state index is 0.141. The fraction of sp³-hybridized carbons (Fsp3) is 0.250. The van der Waals surface area contributed by atoms with E-state index >= 15 is 0 Å². The molecule has 0 saturated heterocycles. The summed E-state index contributed by atoms with van der Waals surface area (Å²) in [5.74, 6) is 5.64. The molecule has 0 spiro atoms. The fourth-order valence-corrected chi connectivity index (χ4v) is 2.20. The Labute approximate surface area is 105 Å². The van der Waals surface area contributed by atoms with Crippen LogP contribution in [0.1, 0.15) is 22.9 Å². The predicted molar refractivity (Wildman–Crippen MR) is 68.6 cm³/mol. The van der Waals surface area contributed by atoms with E-state index < -0.39 is 0 Å². The van der Waals surface area contributed by atoms with E-state index in [-0.39, 0.29) is 6.04 Å². The summed E-state index contributed by atoms with van der Waals surface area (Å²) in [4.78, 5) is 0. The highest BCUT2D eigenvalue weighted by atomic mass is 35.5. The van der Waals surface area contributed by atoms with Crippen LogP contribution in [0, 0.1) is 6.92 Å². The molecule has 3 N–H and O–H groups in total. The van der Waals surface area contributed by atoms with Crippen molar-refractivity contribution in [1.82, 2.24) is 15.2 Å². The van der Waals surface area contributed by atoms with E-state index in [0.717, 1.165) is 16.8 Å². The van der Waals surface area contributed by atoms with Crippen LogP contribution in [0.25, 0.3) is 0 Å². The molecule has 0 saturated carbocycles. The van der Waals surface area contributed by atoms with E-state index in [1.807, 2.05) is 44.4 Å². The lowest BCUT2D eigenvalue weighted by Crippen LogP contribution is -2.29. The predicted octanol–water partition coefficient (Wildman–Crippen LogP) is 1.93. The summed E-state index contributed by atoms with van der Waals surface area (Å²) in [6.07, 6.45) is 1.95. The zero-order valence-electron chi connectivity index (χ0n) is 9.81. The van der Waals surface area contributed by atoms with Crippen LogP contribution in [-0.2, 0) is 7.05 Å². The van der Waals surface area contributed by atoms with E-state index in [1.54, 1.807) is 4.68 Å². The molecular weight excluding hydrogens is 236 g/mol. The van der Waals surface area contributed by atoms with Crippen molar-refractivity contribution in [2.45, 2.75) is 13.0 Å². The van der Waals surface area contributed by atoms with Crippen molar-refractivity contribution in [1.29, 1.82) is 0 Å². The van der Waals surface area contributed by atoms with Gasteiger partial charge in [0, 0.05) is 23.8 Å². The topological polar surface area (TPSA) is 55.9 Å². The number of rotatable bonds is 3. The van der Waals surface area contributed by atoms with Gasteiger partial charge in [-0.15, -0.1) is 0 Å².